The van der Waals surface area contributed by atoms with Crippen molar-refractivity contribution in [2.45, 2.75) is 19.4 Å². The van der Waals surface area contributed by atoms with Crippen molar-refractivity contribution in [2.24, 2.45) is 0 Å². The summed E-state index contributed by atoms with van der Waals surface area (Å²) in [6, 6.07) is 11.5. The first-order valence-corrected chi connectivity index (χ1v) is 6.54. The fourth-order valence-corrected chi connectivity index (χ4v) is 2.06. The van der Waals surface area contributed by atoms with E-state index in [0.29, 0.717) is 5.75 Å². The van der Waals surface area contributed by atoms with Crippen LogP contribution in [0.3, 0.4) is 0 Å². The minimum Gasteiger partial charge on any atom is -0.454 e. The van der Waals surface area contributed by atoms with E-state index in [9.17, 15) is 8.78 Å². The molecule has 0 aromatic heterocycles. The topological polar surface area (TPSA) is 21.3 Å². The Bertz CT molecular complexity index is 565. The summed E-state index contributed by atoms with van der Waals surface area (Å²) in [5.41, 5.74) is 1.13. The molecule has 20 heavy (non-hydrogen) atoms. The number of halogens is 2. The maximum atomic E-state index is 13.5. The van der Waals surface area contributed by atoms with Crippen molar-refractivity contribution in [3.05, 3.63) is 59.7 Å². The third-order valence-corrected chi connectivity index (χ3v) is 3.18. The van der Waals surface area contributed by atoms with E-state index in [-0.39, 0.29) is 11.8 Å². The minimum absolute atomic E-state index is 0.113. The maximum Gasteiger partial charge on any atom is 0.201 e. The van der Waals surface area contributed by atoms with Gasteiger partial charge < -0.3 is 10.1 Å². The second-order valence-electron chi connectivity index (χ2n) is 4.47. The number of hydrogen-bond acceptors (Lipinski definition) is 2. The summed E-state index contributed by atoms with van der Waals surface area (Å²) in [7, 11) is 1.90. The van der Waals surface area contributed by atoms with Crippen LogP contribution < -0.4 is 10.1 Å². The fourth-order valence-electron chi connectivity index (χ4n) is 2.06. The predicted octanol–water partition coefficient (Wildman–Crippen LogP) is 4.43. The van der Waals surface area contributed by atoms with E-state index in [1.165, 1.54) is 12.1 Å². The smallest absolute Gasteiger partial charge is 0.201 e. The van der Waals surface area contributed by atoms with E-state index >= 15 is 0 Å². The van der Waals surface area contributed by atoms with Gasteiger partial charge in [-0.3, -0.25) is 0 Å². The summed E-state index contributed by atoms with van der Waals surface area (Å²) in [4.78, 5) is 0. The highest BCUT2D eigenvalue weighted by Gasteiger charge is 2.10. The molecule has 4 heteroatoms. The van der Waals surface area contributed by atoms with E-state index in [0.717, 1.165) is 18.1 Å². The molecular weight excluding hydrogens is 260 g/mol. The molecule has 2 nitrogen and oxygen atoms in total. The molecule has 0 spiro atoms. The molecule has 0 aliphatic rings. The molecule has 0 bridgehead atoms. The van der Waals surface area contributed by atoms with Gasteiger partial charge in [-0.15, -0.1) is 0 Å². The number of benzene rings is 2. The van der Waals surface area contributed by atoms with Crippen LogP contribution >= 0.6 is 0 Å². The molecule has 2 aromatic carbocycles. The first-order valence-electron chi connectivity index (χ1n) is 6.54. The first kappa shape index (κ1) is 14.5. The zero-order chi connectivity index (χ0) is 14.5. The third kappa shape index (κ3) is 3.14. The second kappa shape index (κ2) is 6.48. The number of rotatable bonds is 5. The summed E-state index contributed by atoms with van der Waals surface area (Å²) in [5, 5.41) is 3.20. The average molecular weight is 277 g/mol. The third-order valence-electron chi connectivity index (χ3n) is 3.18. The van der Waals surface area contributed by atoms with Crippen molar-refractivity contribution >= 4 is 0 Å². The van der Waals surface area contributed by atoms with E-state index in [4.69, 9.17) is 4.74 Å². The zero-order valence-electron chi connectivity index (χ0n) is 11.5. The zero-order valence-corrected chi connectivity index (χ0v) is 11.5. The van der Waals surface area contributed by atoms with Crippen LogP contribution in [-0.2, 0) is 0 Å². The highest BCUT2D eigenvalue weighted by molar-refractivity contribution is 5.35. The van der Waals surface area contributed by atoms with Crippen molar-refractivity contribution in [1.29, 1.82) is 0 Å². The van der Waals surface area contributed by atoms with Crippen molar-refractivity contribution in [1.82, 2.24) is 5.32 Å². The van der Waals surface area contributed by atoms with Gasteiger partial charge in [-0.2, -0.15) is 4.39 Å². The molecule has 2 aromatic rings. The molecule has 0 heterocycles. The van der Waals surface area contributed by atoms with Crippen LogP contribution in [-0.4, -0.2) is 7.05 Å². The molecule has 0 amide bonds. The molecule has 0 saturated heterocycles. The lowest BCUT2D eigenvalue weighted by atomic mass is 10.0. The molecule has 0 fully saturated rings. The van der Waals surface area contributed by atoms with Crippen molar-refractivity contribution in [2.75, 3.05) is 7.05 Å². The first-order chi connectivity index (χ1) is 9.65. The lowest BCUT2D eigenvalue weighted by Gasteiger charge is -2.15. The lowest BCUT2D eigenvalue weighted by molar-refractivity contribution is 0.416. The van der Waals surface area contributed by atoms with Gasteiger partial charge in [0.15, 0.2) is 11.6 Å². The van der Waals surface area contributed by atoms with Gasteiger partial charge in [0.25, 0.3) is 0 Å². The van der Waals surface area contributed by atoms with Crippen LogP contribution in [0.2, 0.25) is 0 Å². The van der Waals surface area contributed by atoms with Crippen LogP contribution in [0.5, 0.6) is 11.5 Å². The minimum atomic E-state index is -0.974. The molecule has 0 saturated carbocycles. The maximum absolute atomic E-state index is 13.5. The van der Waals surface area contributed by atoms with Crippen LogP contribution in [0.15, 0.2) is 42.5 Å². The molecule has 0 radical (unpaired) electrons. The van der Waals surface area contributed by atoms with Gasteiger partial charge in [0.2, 0.25) is 5.82 Å². The second-order valence-corrected chi connectivity index (χ2v) is 4.47. The fraction of sp³-hybridized carbons (Fsp3) is 0.250. The van der Waals surface area contributed by atoms with Gasteiger partial charge in [0.1, 0.15) is 5.75 Å². The molecule has 106 valence electrons. The molecule has 0 aliphatic carbocycles. The van der Waals surface area contributed by atoms with Crippen LogP contribution in [0.4, 0.5) is 8.78 Å². The molecule has 1 N–H and O–H groups in total. The van der Waals surface area contributed by atoms with Gasteiger partial charge in [-0.25, -0.2) is 4.39 Å². The quantitative estimate of drug-likeness (QED) is 0.873. The molecule has 1 unspecified atom stereocenters. The summed E-state index contributed by atoms with van der Waals surface area (Å²) >= 11 is 0. The highest BCUT2D eigenvalue weighted by atomic mass is 19.2. The Morgan fingerprint density at radius 1 is 1.10 bits per heavy atom. The van der Waals surface area contributed by atoms with Gasteiger partial charge >= 0.3 is 0 Å². The molecule has 2 rings (SSSR count). The lowest BCUT2D eigenvalue weighted by Crippen LogP contribution is -2.14. The Morgan fingerprint density at radius 3 is 2.40 bits per heavy atom. The van der Waals surface area contributed by atoms with Gasteiger partial charge in [-0.1, -0.05) is 25.1 Å². The summed E-state index contributed by atoms with van der Waals surface area (Å²) in [6.45, 7) is 2.09. The van der Waals surface area contributed by atoms with Crippen LogP contribution in [0.25, 0.3) is 0 Å². The summed E-state index contributed by atoms with van der Waals surface area (Å²) in [5.74, 6) is -1.53. The monoisotopic (exact) mass is 277 g/mol. The largest absolute Gasteiger partial charge is 0.454 e. The van der Waals surface area contributed by atoms with Gasteiger partial charge in [0.05, 0.1) is 0 Å². The molecule has 1 atom stereocenters. The van der Waals surface area contributed by atoms with Crippen molar-refractivity contribution < 1.29 is 13.5 Å². The Labute approximate surface area is 117 Å². The summed E-state index contributed by atoms with van der Waals surface area (Å²) in [6.07, 6.45) is 0.967. The Hall–Kier alpha value is -1.94. The van der Waals surface area contributed by atoms with E-state index in [1.807, 2.05) is 19.2 Å². The van der Waals surface area contributed by atoms with Gasteiger partial charge in [-0.05, 0) is 43.3 Å². The van der Waals surface area contributed by atoms with Crippen LogP contribution in [0, 0.1) is 11.6 Å². The molecule has 0 aliphatic heterocycles. The van der Waals surface area contributed by atoms with E-state index < -0.39 is 11.6 Å². The number of hydrogen-bond donors (Lipinski definition) is 1. The number of ether oxygens (including phenoxy) is 1. The summed E-state index contributed by atoms with van der Waals surface area (Å²) < 4.78 is 31.9. The predicted molar refractivity (Wildman–Crippen MR) is 75.0 cm³/mol. The van der Waals surface area contributed by atoms with Crippen molar-refractivity contribution in [3.63, 3.8) is 0 Å². The van der Waals surface area contributed by atoms with E-state index in [1.54, 1.807) is 12.1 Å². The standard InChI is InChI=1S/C16H17F2NO/c1-3-14(19-2)11-7-9-12(10-8-11)20-15-6-4-5-13(17)16(15)18/h4-10,14,19H,3H2,1-2H3. The highest BCUT2D eigenvalue weighted by Crippen LogP contribution is 2.27. The van der Waals surface area contributed by atoms with E-state index in [2.05, 4.69) is 12.2 Å². The SMILES string of the molecule is CCC(NC)c1ccc(Oc2cccc(F)c2F)cc1. The number of nitrogens with one attached hydrogen (secondary N) is 1. The Balaban J connectivity index is 2.17. The molecular formula is C16H17F2NO. The van der Waals surface area contributed by atoms with Gasteiger partial charge in [0, 0.05) is 6.04 Å². The van der Waals surface area contributed by atoms with Crippen molar-refractivity contribution in [3.8, 4) is 11.5 Å². The average Bonchev–Trinajstić information content (AvgIpc) is 2.47. The Morgan fingerprint density at radius 2 is 1.80 bits per heavy atom. The van der Waals surface area contributed by atoms with Crippen LogP contribution in [0.1, 0.15) is 24.9 Å². The normalized spacial score (nSPS) is 12.2. The Kier molecular flexibility index (Phi) is 4.69.